The number of ketones is 1. The number of fused-ring (bicyclic) bond motifs is 6. The summed E-state index contributed by atoms with van der Waals surface area (Å²) >= 11 is 5.80. The third-order valence-corrected chi connectivity index (χ3v) is 8.85. The molecule has 1 atom stereocenters. The minimum Gasteiger partial charge on any atom is -0.494 e. The van der Waals surface area contributed by atoms with Crippen molar-refractivity contribution in [2.24, 2.45) is 14.1 Å². The molecule has 2 aliphatic carbocycles. The van der Waals surface area contributed by atoms with Crippen LogP contribution in [0.2, 0.25) is 5.02 Å². The van der Waals surface area contributed by atoms with Crippen molar-refractivity contribution in [1.29, 1.82) is 0 Å². The molecule has 0 spiro atoms. The zero-order valence-corrected chi connectivity index (χ0v) is 29.4. The number of hydrogen-bond donors (Lipinski definition) is 0. The molecular formula is C36H38ClF3N2O2Pt+2. The van der Waals surface area contributed by atoms with Crippen LogP contribution in [0.5, 0.6) is 5.75 Å². The van der Waals surface area contributed by atoms with Crippen LogP contribution in [-0.4, -0.2) is 12.4 Å². The summed E-state index contributed by atoms with van der Waals surface area (Å²) in [4.78, 5) is 12.4. The van der Waals surface area contributed by atoms with Crippen LogP contribution >= 0.6 is 11.6 Å². The maximum atomic E-state index is 13.4. The summed E-state index contributed by atoms with van der Waals surface area (Å²) in [6, 6.07) is 13.7. The molecule has 0 radical (unpaired) electrons. The number of halogens is 4. The molecule has 0 fully saturated rings. The van der Waals surface area contributed by atoms with Gasteiger partial charge in [-0.1, -0.05) is 31.9 Å². The van der Waals surface area contributed by atoms with Crippen LogP contribution in [0.25, 0.3) is 22.5 Å². The van der Waals surface area contributed by atoms with Crippen LogP contribution in [0, 0.1) is 13.8 Å². The molecule has 0 saturated carbocycles. The van der Waals surface area contributed by atoms with E-state index in [4.69, 9.17) is 16.3 Å². The molecule has 0 saturated heterocycles. The molecular weight excluding hydrogens is 780 g/mol. The summed E-state index contributed by atoms with van der Waals surface area (Å²) in [5.74, 6) is 1.03. The van der Waals surface area contributed by atoms with Crippen molar-refractivity contribution in [1.82, 2.24) is 0 Å². The molecule has 2 aromatic carbocycles. The van der Waals surface area contributed by atoms with E-state index in [1.165, 1.54) is 40.4 Å². The molecule has 0 bridgehead atoms. The Morgan fingerprint density at radius 3 is 2.24 bits per heavy atom. The van der Waals surface area contributed by atoms with Gasteiger partial charge in [-0.05, 0) is 79.6 Å². The van der Waals surface area contributed by atoms with Gasteiger partial charge in [-0.2, -0.15) is 13.2 Å². The predicted octanol–water partition coefficient (Wildman–Crippen LogP) is 8.22. The molecule has 9 heteroatoms. The van der Waals surface area contributed by atoms with E-state index in [0.717, 1.165) is 30.8 Å². The molecule has 45 heavy (non-hydrogen) atoms. The molecule has 0 N–H and O–H groups in total. The van der Waals surface area contributed by atoms with Gasteiger partial charge in [-0.25, -0.2) is 9.13 Å². The topological polar surface area (TPSA) is 34.1 Å². The molecule has 1 unspecified atom stereocenters. The second-order valence-corrected chi connectivity index (χ2v) is 12.3. The Morgan fingerprint density at radius 2 is 1.58 bits per heavy atom. The van der Waals surface area contributed by atoms with Gasteiger partial charge in [0.2, 0.25) is 11.4 Å². The number of carbonyl (C=O) groups excluding carboxylic acids is 1. The monoisotopic (exact) mass is 817 g/mol. The summed E-state index contributed by atoms with van der Waals surface area (Å²) in [5.41, 5.74) is 7.87. The molecule has 4 aromatic rings. The molecule has 0 aliphatic heterocycles. The third kappa shape index (κ3) is 6.76. The second kappa shape index (κ2) is 13.8. The van der Waals surface area contributed by atoms with Gasteiger partial charge >= 0.3 is 6.18 Å². The number of unbranched alkanes of at least 4 members (excludes halogenated alkanes) is 1. The molecule has 2 aromatic heterocycles. The number of nitrogens with zero attached hydrogens (tertiary/aromatic N) is 2. The number of carbonyl (C=O) groups is 1. The first-order chi connectivity index (χ1) is 20.8. The Kier molecular flexibility index (Phi) is 10.7. The number of aryl methyl sites for hydroxylation is 4. The van der Waals surface area contributed by atoms with Crippen LogP contribution in [0.1, 0.15) is 76.3 Å². The van der Waals surface area contributed by atoms with E-state index >= 15 is 0 Å². The van der Waals surface area contributed by atoms with Gasteiger partial charge in [-0.15, -0.1) is 0 Å². The fourth-order valence-electron chi connectivity index (χ4n) is 6.58. The van der Waals surface area contributed by atoms with E-state index < -0.39 is 22.5 Å². The molecule has 240 valence electrons. The Morgan fingerprint density at radius 1 is 0.933 bits per heavy atom. The number of pyridine rings is 2. The third-order valence-electron chi connectivity index (χ3n) is 8.55. The Labute approximate surface area is 282 Å². The van der Waals surface area contributed by atoms with Crippen molar-refractivity contribution in [3.05, 3.63) is 98.8 Å². The van der Waals surface area contributed by atoms with Crippen LogP contribution in [-0.2, 0) is 54.2 Å². The fraction of sp³-hybridized carbons (Fsp3) is 0.361. The van der Waals surface area contributed by atoms with Crippen molar-refractivity contribution in [2.75, 3.05) is 6.61 Å². The number of hydrogen-bond acceptors (Lipinski definition) is 2. The van der Waals surface area contributed by atoms with Crippen LogP contribution in [0.3, 0.4) is 0 Å². The number of benzene rings is 2. The first kappa shape index (κ1) is 34.8. The number of alkyl halides is 3. The van der Waals surface area contributed by atoms with E-state index in [1.54, 1.807) is 36.9 Å². The van der Waals surface area contributed by atoms with E-state index in [2.05, 4.69) is 62.8 Å². The maximum absolute atomic E-state index is 13.4. The van der Waals surface area contributed by atoms with Gasteiger partial charge in [-0.3, -0.25) is 4.79 Å². The first-order valence-corrected chi connectivity index (χ1v) is 15.4. The zero-order valence-electron chi connectivity index (χ0n) is 26.3. The number of ether oxygens (including phenoxy) is 1. The predicted molar refractivity (Wildman–Crippen MR) is 166 cm³/mol. The minimum absolute atomic E-state index is 0. The van der Waals surface area contributed by atoms with Crippen LogP contribution in [0.4, 0.5) is 13.2 Å². The van der Waals surface area contributed by atoms with E-state index in [0.29, 0.717) is 22.7 Å². The normalized spacial score (nSPS) is 14.6. The SMILES string of the molecule is CCCCOc1cc(C)c2c(c1)CC(C)c1ccc[n+](C)c1-2.Cc1cc(Cl)c(C(F)(F)F)c2c1-c1c(ccc[n+]1C)CC2=O.[Pt]. The molecule has 6 rings (SSSR count). The van der Waals surface area contributed by atoms with Crippen molar-refractivity contribution in [3.63, 3.8) is 0 Å². The number of Topliss-reactive ketones (excluding diaryl/α,β-unsaturated/α-hetero) is 1. The summed E-state index contributed by atoms with van der Waals surface area (Å²) < 4.78 is 50.1. The van der Waals surface area contributed by atoms with Crippen LogP contribution < -0.4 is 13.9 Å². The van der Waals surface area contributed by atoms with Gasteiger partial charge < -0.3 is 4.74 Å². The standard InChI is InChI=1S/C20H26NO.C16H12ClF3NO.Pt/c1-5-6-10-22-17-12-15(3)19-16(13-17)11-14(2)18-8-7-9-21(4)20(18)19;1-8-6-10(17)14(16(18,19)20)13-11(22)7-9-4-3-5-21(2)15(9)12(8)13;/h7-9,12-14H,5-6,10-11H2,1-4H3;3-6H,7H2,1-2H3;/q2*+1;. The van der Waals surface area contributed by atoms with Gasteiger partial charge in [0.25, 0.3) is 0 Å². The average Bonchev–Trinajstić information content (AvgIpc) is 2.93. The Hall–Kier alpha value is -3.02. The molecule has 4 nitrogen and oxygen atoms in total. The first-order valence-electron chi connectivity index (χ1n) is 15.0. The second-order valence-electron chi connectivity index (χ2n) is 11.9. The summed E-state index contributed by atoms with van der Waals surface area (Å²) in [6.07, 6.45) is 2.55. The minimum atomic E-state index is -4.67. The van der Waals surface area contributed by atoms with Gasteiger partial charge in [0.1, 0.15) is 19.8 Å². The van der Waals surface area contributed by atoms with E-state index in [9.17, 15) is 18.0 Å². The summed E-state index contributed by atoms with van der Waals surface area (Å²) in [6.45, 7) is 9.20. The van der Waals surface area contributed by atoms with Gasteiger partial charge in [0.15, 0.2) is 18.2 Å². The molecule has 2 heterocycles. The smallest absolute Gasteiger partial charge is 0.418 e. The maximum Gasteiger partial charge on any atom is 0.418 e. The fourth-order valence-corrected chi connectivity index (χ4v) is 6.94. The zero-order chi connectivity index (χ0) is 31.9. The quantitative estimate of drug-likeness (QED) is 0.154. The Balaban J connectivity index is 0.000000200. The number of rotatable bonds is 4. The average molecular weight is 818 g/mol. The van der Waals surface area contributed by atoms with Crippen molar-refractivity contribution >= 4 is 17.4 Å². The van der Waals surface area contributed by atoms with Crippen molar-refractivity contribution < 1.29 is 52.9 Å². The Bertz CT molecular complexity index is 1770. The largest absolute Gasteiger partial charge is 0.494 e. The van der Waals surface area contributed by atoms with Gasteiger partial charge in [0, 0.05) is 56.3 Å². The van der Waals surface area contributed by atoms with E-state index in [1.807, 2.05) is 0 Å². The summed E-state index contributed by atoms with van der Waals surface area (Å²) in [7, 11) is 3.89. The van der Waals surface area contributed by atoms with E-state index in [-0.39, 0.29) is 33.0 Å². The van der Waals surface area contributed by atoms with Gasteiger partial charge in [0.05, 0.1) is 28.3 Å². The molecule has 2 aliphatic rings. The van der Waals surface area contributed by atoms with Crippen molar-refractivity contribution in [2.45, 2.75) is 65.5 Å². The summed E-state index contributed by atoms with van der Waals surface area (Å²) in [5, 5.41) is -0.431. The number of aromatic nitrogens is 2. The van der Waals surface area contributed by atoms with Crippen molar-refractivity contribution in [3.8, 4) is 28.3 Å². The van der Waals surface area contributed by atoms with Crippen LogP contribution in [0.15, 0.2) is 54.9 Å². The molecule has 0 amide bonds.